The van der Waals surface area contributed by atoms with Gasteiger partial charge in [0.2, 0.25) is 0 Å². The van der Waals surface area contributed by atoms with Crippen LogP contribution in [0.2, 0.25) is 0 Å². The SMILES string of the molecule is N#Cc1ccc(COc2ccccc2S(=O)O)cc1. The van der Waals surface area contributed by atoms with Gasteiger partial charge in [0, 0.05) is 0 Å². The van der Waals surface area contributed by atoms with E-state index in [-0.39, 0.29) is 11.5 Å². The summed E-state index contributed by atoms with van der Waals surface area (Å²) < 4.78 is 25.8. The highest BCUT2D eigenvalue weighted by Gasteiger charge is 2.08. The van der Waals surface area contributed by atoms with E-state index in [1.165, 1.54) is 0 Å². The Balaban J connectivity index is 2.10. The van der Waals surface area contributed by atoms with E-state index < -0.39 is 11.1 Å². The molecule has 0 saturated heterocycles. The fourth-order valence-electron chi connectivity index (χ4n) is 1.55. The quantitative estimate of drug-likeness (QED) is 0.869. The molecule has 1 atom stereocenters. The average molecular weight is 273 g/mol. The molecule has 0 spiro atoms. The lowest BCUT2D eigenvalue weighted by Gasteiger charge is -2.09. The summed E-state index contributed by atoms with van der Waals surface area (Å²) in [6, 6.07) is 15.6. The van der Waals surface area contributed by atoms with Gasteiger partial charge < -0.3 is 9.29 Å². The third-order valence-corrected chi connectivity index (χ3v) is 3.23. The topological polar surface area (TPSA) is 70.3 Å². The number of nitrogens with zero attached hydrogens (tertiary/aromatic N) is 1. The van der Waals surface area contributed by atoms with E-state index >= 15 is 0 Å². The first-order chi connectivity index (χ1) is 9.20. The summed E-state index contributed by atoms with van der Waals surface area (Å²) in [7, 11) is 0. The minimum absolute atomic E-state index is 0.246. The van der Waals surface area contributed by atoms with Crippen molar-refractivity contribution in [3.63, 3.8) is 0 Å². The molecule has 0 aliphatic carbocycles. The molecular weight excluding hydrogens is 262 g/mol. The van der Waals surface area contributed by atoms with Crippen LogP contribution in [0.1, 0.15) is 11.1 Å². The van der Waals surface area contributed by atoms with Gasteiger partial charge in [-0.15, -0.1) is 0 Å². The van der Waals surface area contributed by atoms with E-state index in [0.717, 1.165) is 5.56 Å². The molecule has 0 radical (unpaired) electrons. The average Bonchev–Trinajstić information content (AvgIpc) is 2.46. The second kappa shape index (κ2) is 6.14. The molecule has 0 bridgehead atoms. The van der Waals surface area contributed by atoms with Crippen LogP contribution in [0.3, 0.4) is 0 Å². The fourth-order valence-corrected chi connectivity index (χ4v) is 2.04. The number of rotatable bonds is 4. The molecule has 4 nitrogen and oxygen atoms in total. The predicted molar refractivity (Wildman–Crippen MR) is 71.0 cm³/mol. The van der Waals surface area contributed by atoms with Gasteiger partial charge in [0.25, 0.3) is 0 Å². The van der Waals surface area contributed by atoms with Crippen LogP contribution in [0.25, 0.3) is 0 Å². The molecule has 5 heteroatoms. The number of hydrogen-bond donors (Lipinski definition) is 1. The molecule has 0 aliphatic rings. The zero-order valence-corrected chi connectivity index (χ0v) is 10.8. The molecule has 0 fully saturated rings. The molecule has 1 N–H and O–H groups in total. The van der Waals surface area contributed by atoms with E-state index in [1.54, 1.807) is 48.5 Å². The first-order valence-corrected chi connectivity index (χ1v) is 6.63. The number of hydrogen-bond acceptors (Lipinski definition) is 3. The molecule has 1 unspecified atom stereocenters. The lowest BCUT2D eigenvalue weighted by molar-refractivity contribution is 0.297. The standard InChI is InChI=1S/C14H11NO3S/c15-9-11-5-7-12(8-6-11)10-18-13-3-1-2-4-14(13)19(16)17/h1-8H,10H2,(H,16,17). The largest absolute Gasteiger partial charge is 0.488 e. The third-order valence-electron chi connectivity index (χ3n) is 2.51. The second-order valence-corrected chi connectivity index (χ2v) is 4.73. The van der Waals surface area contributed by atoms with E-state index in [0.29, 0.717) is 11.3 Å². The highest BCUT2D eigenvalue weighted by Crippen LogP contribution is 2.22. The lowest BCUT2D eigenvalue weighted by atomic mass is 10.2. The van der Waals surface area contributed by atoms with E-state index in [9.17, 15) is 4.21 Å². The summed E-state index contributed by atoms with van der Waals surface area (Å²) in [5, 5.41) is 8.69. The monoisotopic (exact) mass is 273 g/mol. The van der Waals surface area contributed by atoms with Crippen LogP contribution in [0.4, 0.5) is 0 Å². The van der Waals surface area contributed by atoms with E-state index in [1.807, 2.05) is 6.07 Å². The molecule has 19 heavy (non-hydrogen) atoms. The summed E-state index contributed by atoms with van der Waals surface area (Å²) in [6.45, 7) is 0.278. The maximum absolute atomic E-state index is 11.1. The number of benzene rings is 2. The third kappa shape index (κ3) is 3.41. The fraction of sp³-hybridized carbons (Fsp3) is 0.0714. The molecule has 96 valence electrons. The van der Waals surface area contributed by atoms with Crippen molar-refractivity contribution in [1.82, 2.24) is 0 Å². The van der Waals surface area contributed by atoms with E-state index in [4.69, 9.17) is 14.6 Å². The van der Waals surface area contributed by atoms with Gasteiger partial charge in [-0.05, 0) is 29.8 Å². The zero-order valence-electron chi connectivity index (χ0n) is 9.95. The van der Waals surface area contributed by atoms with Crippen molar-refractivity contribution in [2.75, 3.05) is 0 Å². The van der Waals surface area contributed by atoms with Gasteiger partial charge in [-0.3, -0.25) is 0 Å². The van der Waals surface area contributed by atoms with Crippen LogP contribution < -0.4 is 4.74 Å². The number of para-hydroxylation sites is 1. The highest BCUT2D eigenvalue weighted by atomic mass is 32.2. The smallest absolute Gasteiger partial charge is 0.190 e. The van der Waals surface area contributed by atoms with Gasteiger partial charge in [-0.25, -0.2) is 4.21 Å². The van der Waals surface area contributed by atoms with Crippen LogP contribution in [0, 0.1) is 11.3 Å². The van der Waals surface area contributed by atoms with Crippen molar-refractivity contribution >= 4 is 11.1 Å². The maximum atomic E-state index is 11.1. The van der Waals surface area contributed by atoms with Crippen molar-refractivity contribution in [2.24, 2.45) is 0 Å². The Morgan fingerprint density at radius 2 is 1.84 bits per heavy atom. The normalized spacial score (nSPS) is 11.6. The van der Waals surface area contributed by atoms with Gasteiger partial charge >= 0.3 is 0 Å². The number of ether oxygens (including phenoxy) is 1. The van der Waals surface area contributed by atoms with Crippen LogP contribution in [0.5, 0.6) is 5.75 Å². The zero-order chi connectivity index (χ0) is 13.7. The van der Waals surface area contributed by atoms with Crippen molar-refractivity contribution in [1.29, 1.82) is 5.26 Å². The van der Waals surface area contributed by atoms with Crippen LogP contribution in [-0.2, 0) is 17.7 Å². The van der Waals surface area contributed by atoms with Crippen molar-refractivity contribution < 1.29 is 13.5 Å². The van der Waals surface area contributed by atoms with Gasteiger partial charge in [0.15, 0.2) is 11.1 Å². The molecule has 0 saturated carbocycles. The molecule has 0 heterocycles. The molecular formula is C14H11NO3S. The van der Waals surface area contributed by atoms with Crippen molar-refractivity contribution in [2.45, 2.75) is 11.5 Å². The first-order valence-electron chi connectivity index (χ1n) is 5.52. The van der Waals surface area contributed by atoms with Gasteiger partial charge in [0.05, 0.1) is 11.6 Å². The van der Waals surface area contributed by atoms with Crippen molar-refractivity contribution in [3.8, 4) is 11.8 Å². The Bertz CT molecular complexity index is 632. The molecule has 2 aromatic carbocycles. The summed E-state index contributed by atoms with van der Waals surface area (Å²) in [6.07, 6.45) is 0. The maximum Gasteiger partial charge on any atom is 0.190 e. The Labute approximate surface area is 113 Å². The Kier molecular flexibility index (Phi) is 4.29. The van der Waals surface area contributed by atoms with E-state index in [2.05, 4.69) is 0 Å². The van der Waals surface area contributed by atoms with Crippen LogP contribution in [0.15, 0.2) is 53.4 Å². The molecule has 2 aromatic rings. The molecule has 0 aromatic heterocycles. The van der Waals surface area contributed by atoms with Gasteiger partial charge in [-0.1, -0.05) is 24.3 Å². The summed E-state index contributed by atoms with van der Waals surface area (Å²) >= 11 is -2.07. The van der Waals surface area contributed by atoms with Crippen molar-refractivity contribution in [3.05, 3.63) is 59.7 Å². The summed E-state index contributed by atoms with van der Waals surface area (Å²) in [5.41, 5.74) is 1.47. The van der Waals surface area contributed by atoms with Gasteiger partial charge in [-0.2, -0.15) is 5.26 Å². The van der Waals surface area contributed by atoms with Crippen LogP contribution >= 0.6 is 0 Å². The summed E-state index contributed by atoms with van der Waals surface area (Å²) in [4.78, 5) is 0.246. The predicted octanol–water partition coefficient (Wildman–Crippen LogP) is 2.72. The second-order valence-electron chi connectivity index (χ2n) is 3.79. The number of nitriles is 1. The lowest BCUT2D eigenvalue weighted by Crippen LogP contribution is -1.99. The highest BCUT2D eigenvalue weighted by molar-refractivity contribution is 7.79. The minimum Gasteiger partial charge on any atom is -0.488 e. The minimum atomic E-state index is -2.07. The first kappa shape index (κ1) is 13.3. The molecule has 0 amide bonds. The van der Waals surface area contributed by atoms with Gasteiger partial charge in [0.1, 0.15) is 17.3 Å². The van der Waals surface area contributed by atoms with Crippen LogP contribution in [-0.4, -0.2) is 8.76 Å². The molecule has 2 rings (SSSR count). The Hall–Kier alpha value is -2.16. The Morgan fingerprint density at radius 3 is 2.47 bits per heavy atom. The Morgan fingerprint density at radius 1 is 1.16 bits per heavy atom. The molecule has 0 aliphatic heterocycles. The summed E-state index contributed by atoms with van der Waals surface area (Å²) in [5.74, 6) is 0.382.